The Balaban J connectivity index is 2.21. The minimum Gasteiger partial charge on any atom is -0.313 e. The molecule has 0 aliphatic heterocycles. The van der Waals surface area contributed by atoms with Gasteiger partial charge >= 0.3 is 0 Å². The second-order valence-electron chi connectivity index (χ2n) is 5.15. The first kappa shape index (κ1) is 15.0. The lowest BCUT2D eigenvalue weighted by Crippen LogP contribution is -2.14. The van der Waals surface area contributed by atoms with E-state index in [2.05, 4.69) is 36.2 Å². The van der Waals surface area contributed by atoms with Gasteiger partial charge in [-0.25, -0.2) is 9.67 Å². The zero-order chi connectivity index (χ0) is 14.5. The van der Waals surface area contributed by atoms with Crippen LogP contribution in [0.3, 0.4) is 0 Å². The molecule has 0 bridgehead atoms. The van der Waals surface area contributed by atoms with Crippen molar-refractivity contribution in [1.82, 2.24) is 20.1 Å². The van der Waals surface area contributed by atoms with Crippen molar-refractivity contribution >= 4 is 11.6 Å². The topological polar surface area (TPSA) is 42.7 Å². The van der Waals surface area contributed by atoms with Crippen LogP contribution in [0.25, 0.3) is 5.82 Å². The largest absolute Gasteiger partial charge is 0.313 e. The van der Waals surface area contributed by atoms with Crippen molar-refractivity contribution in [3.63, 3.8) is 0 Å². The lowest BCUT2D eigenvalue weighted by atomic mass is 10.1. The van der Waals surface area contributed by atoms with Crippen LogP contribution in [-0.4, -0.2) is 21.3 Å². The van der Waals surface area contributed by atoms with Crippen LogP contribution < -0.4 is 5.32 Å². The van der Waals surface area contributed by atoms with E-state index in [9.17, 15) is 0 Å². The molecule has 0 aromatic carbocycles. The van der Waals surface area contributed by atoms with E-state index in [1.54, 1.807) is 10.9 Å². The monoisotopic (exact) mass is 292 g/mol. The summed E-state index contributed by atoms with van der Waals surface area (Å²) in [5.74, 6) is 1.21. The molecule has 108 valence electrons. The van der Waals surface area contributed by atoms with E-state index in [1.807, 2.05) is 18.3 Å². The van der Waals surface area contributed by atoms with E-state index in [4.69, 9.17) is 11.6 Å². The molecule has 0 amide bonds. The van der Waals surface area contributed by atoms with Gasteiger partial charge in [0.25, 0.3) is 0 Å². The van der Waals surface area contributed by atoms with E-state index in [-0.39, 0.29) is 0 Å². The Bertz CT molecular complexity index is 563. The molecule has 2 heterocycles. The highest BCUT2D eigenvalue weighted by molar-refractivity contribution is 6.31. The molecule has 1 N–H and O–H groups in total. The smallest absolute Gasteiger partial charge is 0.153 e. The quantitative estimate of drug-likeness (QED) is 0.828. The molecule has 0 radical (unpaired) electrons. The third-order valence-electron chi connectivity index (χ3n) is 3.10. The van der Waals surface area contributed by atoms with Crippen LogP contribution in [0.2, 0.25) is 5.02 Å². The molecule has 2 rings (SSSR count). The van der Waals surface area contributed by atoms with Gasteiger partial charge in [-0.2, -0.15) is 5.10 Å². The van der Waals surface area contributed by atoms with Gasteiger partial charge in [-0.05, 0) is 36.6 Å². The van der Waals surface area contributed by atoms with E-state index < -0.39 is 0 Å². The normalized spacial score (nSPS) is 11.2. The molecule has 0 spiro atoms. The molecular formula is C15H21ClN4. The third-order valence-corrected chi connectivity index (χ3v) is 3.44. The second-order valence-corrected chi connectivity index (χ2v) is 5.56. The lowest BCUT2D eigenvalue weighted by Gasteiger charge is -2.08. The molecule has 0 saturated heterocycles. The Morgan fingerprint density at radius 2 is 2.20 bits per heavy atom. The van der Waals surface area contributed by atoms with Gasteiger partial charge in [0.2, 0.25) is 0 Å². The summed E-state index contributed by atoms with van der Waals surface area (Å²) in [4.78, 5) is 4.35. The molecule has 0 aliphatic carbocycles. The fourth-order valence-corrected chi connectivity index (χ4v) is 2.07. The van der Waals surface area contributed by atoms with Gasteiger partial charge in [-0.3, -0.25) is 0 Å². The maximum Gasteiger partial charge on any atom is 0.153 e. The average molecular weight is 293 g/mol. The number of hydrogen-bond donors (Lipinski definition) is 1. The fourth-order valence-electron chi connectivity index (χ4n) is 1.90. The summed E-state index contributed by atoms with van der Waals surface area (Å²) in [5.41, 5.74) is 2.11. The highest BCUT2D eigenvalue weighted by Gasteiger charge is 2.08. The van der Waals surface area contributed by atoms with Crippen molar-refractivity contribution in [2.45, 2.75) is 39.7 Å². The summed E-state index contributed by atoms with van der Waals surface area (Å²) in [6.07, 6.45) is 4.73. The molecule has 5 heteroatoms. The van der Waals surface area contributed by atoms with Crippen LogP contribution in [0.1, 0.15) is 44.4 Å². The summed E-state index contributed by atoms with van der Waals surface area (Å²) in [7, 11) is 0. The summed E-state index contributed by atoms with van der Waals surface area (Å²) >= 11 is 6.19. The van der Waals surface area contributed by atoms with E-state index >= 15 is 0 Å². The molecule has 2 aromatic heterocycles. The molecule has 0 saturated carbocycles. The van der Waals surface area contributed by atoms with Crippen LogP contribution in [0.15, 0.2) is 24.5 Å². The average Bonchev–Trinajstić information content (AvgIpc) is 2.91. The fraction of sp³-hybridized carbons (Fsp3) is 0.467. The maximum atomic E-state index is 6.19. The van der Waals surface area contributed by atoms with Crippen LogP contribution >= 0.6 is 11.6 Å². The first-order valence-electron chi connectivity index (χ1n) is 7.03. The minimum absolute atomic E-state index is 0.411. The van der Waals surface area contributed by atoms with Crippen molar-refractivity contribution in [1.29, 1.82) is 0 Å². The molecule has 0 atom stereocenters. The molecule has 2 aromatic rings. The van der Waals surface area contributed by atoms with Gasteiger partial charge in [-0.15, -0.1) is 0 Å². The van der Waals surface area contributed by atoms with Crippen molar-refractivity contribution in [2.24, 2.45) is 0 Å². The predicted molar refractivity (Wildman–Crippen MR) is 82.5 cm³/mol. The van der Waals surface area contributed by atoms with Gasteiger partial charge in [0.05, 0.1) is 10.7 Å². The van der Waals surface area contributed by atoms with Gasteiger partial charge < -0.3 is 5.32 Å². The number of nitrogens with one attached hydrogen (secondary N) is 1. The number of pyridine rings is 1. The first-order chi connectivity index (χ1) is 9.61. The standard InChI is InChI=1S/C15H21ClN4/c1-4-6-17-9-12-8-15(18-10-13(12)16)20-7-5-14(19-20)11(2)3/h5,7-8,10-11,17H,4,6,9H2,1-3H3. The number of rotatable bonds is 6. The Labute approximate surface area is 125 Å². The highest BCUT2D eigenvalue weighted by Crippen LogP contribution is 2.18. The SMILES string of the molecule is CCCNCc1cc(-n2ccc(C(C)C)n2)ncc1Cl. The Kier molecular flexibility index (Phi) is 5.15. The Morgan fingerprint density at radius 1 is 1.40 bits per heavy atom. The first-order valence-corrected chi connectivity index (χ1v) is 7.40. The Hall–Kier alpha value is -1.39. The molecule has 4 nitrogen and oxygen atoms in total. The summed E-state index contributed by atoms with van der Waals surface area (Å²) in [6.45, 7) is 8.13. The van der Waals surface area contributed by atoms with Crippen molar-refractivity contribution in [2.75, 3.05) is 6.54 Å². The summed E-state index contributed by atoms with van der Waals surface area (Å²) in [5, 5.41) is 8.58. The number of nitrogens with zero attached hydrogens (tertiary/aromatic N) is 3. The number of aromatic nitrogens is 3. The maximum absolute atomic E-state index is 6.19. The van der Waals surface area contributed by atoms with E-state index in [0.29, 0.717) is 10.9 Å². The molecule has 0 aliphatic rings. The van der Waals surface area contributed by atoms with Gasteiger partial charge in [0.15, 0.2) is 5.82 Å². The molecule has 20 heavy (non-hydrogen) atoms. The van der Waals surface area contributed by atoms with Crippen LogP contribution in [0, 0.1) is 0 Å². The lowest BCUT2D eigenvalue weighted by molar-refractivity contribution is 0.673. The van der Waals surface area contributed by atoms with Crippen molar-refractivity contribution < 1.29 is 0 Å². The molecule has 0 unspecified atom stereocenters. The predicted octanol–water partition coefficient (Wildman–Crippen LogP) is 3.54. The third kappa shape index (κ3) is 3.58. The Morgan fingerprint density at radius 3 is 2.85 bits per heavy atom. The van der Waals surface area contributed by atoms with Crippen molar-refractivity contribution in [3.05, 3.63) is 40.8 Å². The van der Waals surface area contributed by atoms with Crippen LogP contribution in [-0.2, 0) is 6.54 Å². The van der Waals surface area contributed by atoms with Gasteiger partial charge in [0, 0.05) is 18.9 Å². The zero-order valence-electron chi connectivity index (χ0n) is 12.2. The summed E-state index contributed by atoms with van der Waals surface area (Å²) in [6, 6.07) is 4.01. The highest BCUT2D eigenvalue weighted by atomic mass is 35.5. The number of halogens is 1. The zero-order valence-corrected chi connectivity index (χ0v) is 13.0. The number of hydrogen-bond acceptors (Lipinski definition) is 3. The van der Waals surface area contributed by atoms with Gasteiger partial charge in [0.1, 0.15) is 0 Å². The second kappa shape index (κ2) is 6.86. The molecule has 0 fully saturated rings. The van der Waals surface area contributed by atoms with E-state index in [1.165, 1.54) is 0 Å². The van der Waals surface area contributed by atoms with Crippen LogP contribution in [0.5, 0.6) is 0 Å². The summed E-state index contributed by atoms with van der Waals surface area (Å²) < 4.78 is 1.80. The molecular weight excluding hydrogens is 272 g/mol. The van der Waals surface area contributed by atoms with Crippen molar-refractivity contribution in [3.8, 4) is 5.82 Å². The van der Waals surface area contributed by atoms with Gasteiger partial charge in [-0.1, -0.05) is 32.4 Å². The van der Waals surface area contributed by atoms with E-state index in [0.717, 1.165) is 36.6 Å². The van der Waals surface area contributed by atoms with Crippen LogP contribution in [0.4, 0.5) is 0 Å². The minimum atomic E-state index is 0.411.